The molecule has 1 aromatic carbocycles. The van der Waals surface area contributed by atoms with Gasteiger partial charge < -0.3 is 4.90 Å². The van der Waals surface area contributed by atoms with Crippen LogP contribution in [0.3, 0.4) is 0 Å². The highest BCUT2D eigenvalue weighted by atomic mass is 32.2. The molecule has 142 valence electrons. The normalized spacial score (nSPS) is 16.8. The lowest BCUT2D eigenvalue weighted by atomic mass is 10.1. The van der Waals surface area contributed by atoms with Gasteiger partial charge >= 0.3 is 0 Å². The number of aromatic nitrogens is 4. The molecule has 0 aliphatic carbocycles. The van der Waals surface area contributed by atoms with Crippen molar-refractivity contribution in [1.82, 2.24) is 24.1 Å². The van der Waals surface area contributed by atoms with Crippen molar-refractivity contribution in [3.8, 4) is 5.82 Å². The first kappa shape index (κ1) is 18.0. The molecule has 3 aromatic rings. The highest BCUT2D eigenvalue weighted by Gasteiger charge is 2.20. The average molecular weight is 390 g/mol. The van der Waals surface area contributed by atoms with Crippen LogP contribution in [-0.4, -0.2) is 62.4 Å². The summed E-state index contributed by atoms with van der Waals surface area (Å²) in [4.78, 5) is 11.1. The lowest BCUT2D eigenvalue weighted by Crippen LogP contribution is -2.44. The molecule has 4 rings (SSSR count). The summed E-state index contributed by atoms with van der Waals surface area (Å²) in [6, 6.07) is 1.28. The Labute approximate surface area is 158 Å². The summed E-state index contributed by atoms with van der Waals surface area (Å²) >= 11 is 0. The largest absolute Gasteiger partial charge is 0.353 e. The fourth-order valence-electron chi connectivity index (χ4n) is 3.20. The Morgan fingerprint density at radius 1 is 1.04 bits per heavy atom. The van der Waals surface area contributed by atoms with Gasteiger partial charge in [0.2, 0.25) is 0 Å². The zero-order valence-electron chi connectivity index (χ0n) is 15.2. The third-order valence-electron chi connectivity index (χ3n) is 4.82. The van der Waals surface area contributed by atoms with Crippen LogP contribution in [0.4, 0.5) is 14.6 Å². The van der Waals surface area contributed by atoms with Crippen LogP contribution < -0.4 is 4.90 Å². The summed E-state index contributed by atoms with van der Waals surface area (Å²) in [6.45, 7) is 5.00. The lowest BCUT2D eigenvalue weighted by Gasteiger charge is -2.35. The van der Waals surface area contributed by atoms with Crippen LogP contribution in [0.5, 0.6) is 0 Å². The van der Waals surface area contributed by atoms with Crippen LogP contribution in [-0.2, 0) is 0 Å². The van der Waals surface area contributed by atoms with E-state index >= 15 is 0 Å². The zero-order valence-corrected chi connectivity index (χ0v) is 16.0. The van der Waals surface area contributed by atoms with Gasteiger partial charge in [-0.15, -0.1) is 10.7 Å². The number of piperazine rings is 1. The molecule has 1 aliphatic heterocycles. The Hall–Kier alpha value is -2.39. The van der Waals surface area contributed by atoms with E-state index in [0.29, 0.717) is 11.2 Å². The zero-order chi connectivity index (χ0) is 19.1. The summed E-state index contributed by atoms with van der Waals surface area (Å²) in [5.74, 6) is 4.04. The van der Waals surface area contributed by atoms with Gasteiger partial charge in [-0.2, -0.15) is 5.10 Å². The molecule has 2 aromatic heterocycles. The van der Waals surface area contributed by atoms with Crippen LogP contribution in [0, 0.1) is 18.6 Å². The number of nitrogens with zero attached hydrogens (tertiary/aromatic N) is 6. The summed E-state index contributed by atoms with van der Waals surface area (Å²) in [7, 11) is 0.0300. The number of anilines is 1. The number of halogens is 2. The maximum Gasteiger partial charge on any atom is 0.172 e. The smallest absolute Gasteiger partial charge is 0.172 e. The summed E-state index contributed by atoms with van der Waals surface area (Å²) in [5, 5.41) is 4.55. The van der Waals surface area contributed by atoms with Gasteiger partial charge in [0.1, 0.15) is 17.2 Å². The molecule has 9 heteroatoms. The standard InChI is InChI=1S/C18H20F2N6S/c1-12-14(19)8-13-9-23-26(18(13)17(12)20)16-11-21-15(10-22-16)24-4-6-25(7-5-24)27(2)3/h8-11H,2,4-7H2,1,3H3. The van der Waals surface area contributed by atoms with Gasteiger partial charge in [0.25, 0.3) is 0 Å². The van der Waals surface area contributed by atoms with E-state index in [0.717, 1.165) is 32.0 Å². The van der Waals surface area contributed by atoms with Gasteiger partial charge in [-0.3, -0.25) is 4.31 Å². The van der Waals surface area contributed by atoms with Crippen molar-refractivity contribution in [1.29, 1.82) is 0 Å². The molecule has 0 N–H and O–H groups in total. The maximum absolute atomic E-state index is 14.5. The number of benzene rings is 1. The first-order valence-electron chi connectivity index (χ1n) is 8.56. The molecule has 0 amide bonds. The molecular formula is C18H20F2N6S. The average Bonchev–Trinajstić information content (AvgIpc) is 3.10. The van der Waals surface area contributed by atoms with Crippen molar-refractivity contribution >= 4 is 33.3 Å². The maximum atomic E-state index is 14.5. The number of fused-ring (bicyclic) bond motifs is 1. The fourth-order valence-corrected chi connectivity index (χ4v) is 3.99. The molecule has 0 bridgehead atoms. The van der Waals surface area contributed by atoms with Crippen LogP contribution in [0.15, 0.2) is 24.7 Å². The van der Waals surface area contributed by atoms with E-state index in [4.69, 9.17) is 0 Å². The van der Waals surface area contributed by atoms with E-state index in [9.17, 15) is 8.78 Å². The van der Waals surface area contributed by atoms with Crippen molar-refractivity contribution in [3.05, 3.63) is 41.9 Å². The predicted octanol–water partition coefficient (Wildman–Crippen LogP) is 2.77. The Morgan fingerprint density at radius 2 is 1.70 bits per heavy atom. The number of hydrogen-bond donors (Lipinski definition) is 0. The summed E-state index contributed by atoms with van der Waals surface area (Å²) in [6.07, 6.45) is 6.78. The Kier molecular flexibility index (Phi) is 4.65. The van der Waals surface area contributed by atoms with Crippen molar-refractivity contribution < 1.29 is 8.78 Å². The molecule has 1 fully saturated rings. The summed E-state index contributed by atoms with van der Waals surface area (Å²) in [5.41, 5.74) is 0.169. The quantitative estimate of drug-likeness (QED) is 0.644. The van der Waals surface area contributed by atoms with Gasteiger partial charge in [-0.05, 0) is 19.2 Å². The minimum atomic E-state index is -0.632. The van der Waals surface area contributed by atoms with Gasteiger partial charge in [0.05, 0.1) is 18.6 Å². The van der Waals surface area contributed by atoms with Gasteiger partial charge in [0.15, 0.2) is 11.6 Å². The van der Waals surface area contributed by atoms with E-state index in [1.807, 2.05) is 0 Å². The SMILES string of the molecule is C=S(C)N1CCN(c2cnc(-n3ncc4cc(F)c(C)c(F)c43)cn2)CC1. The van der Waals surface area contributed by atoms with Crippen LogP contribution in [0.2, 0.25) is 0 Å². The van der Waals surface area contributed by atoms with E-state index in [-0.39, 0.29) is 21.8 Å². The molecule has 0 radical (unpaired) electrons. The summed E-state index contributed by atoms with van der Waals surface area (Å²) < 4.78 is 32.0. The van der Waals surface area contributed by atoms with Gasteiger partial charge in [-0.25, -0.2) is 23.4 Å². The minimum Gasteiger partial charge on any atom is -0.353 e. The molecule has 1 saturated heterocycles. The molecule has 1 atom stereocenters. The van der Waals surface area contributed by atoms with E-state index in [1.165, 1.54) is 23.9 Å². The topological polar surface area (TPSA) is 50.1 Å². The highest BCUT2D eigenvalue weighted by Crippen LogP contribution is 2.25. The second kappa shape index (κ2) is 6.97. The molecule has 6 nitrogen and oxygen atoms in total. The van der Waals surface area contributed by atoms with Gasteiger partial charge in [-0.1, -0.05) is 5.87 Å². The first-order valence-corrected chi connectivity index (χ1v) is 10.3. The third kappa shape index (κ3) is 3.21. The minimum absolute atomic E-state index is 0.0300. The van der Waals surface area contributed by atoms with Crippen molar-refractivity contribution in [2.75, 3.05) is 37.3 Å². The van der Waals surface area contributed by atoms with Crippen LogP contribution in [0.1, 0.15) is 5.56 Å². The van der Waals surface area contributed by atoms with Crippen LogP contribution in [0.25, 0.3) is 16.7 Å². The molecule has 1 aliphatic rings. The predicted molar refractivity (Wildman–Crippen MR) is 106 cm³/mol. The number of rotatable bonds is 3. The second-order valence-corrected chi connectivity index (χ2v) is 8.26. The first-order chi connectivity index (χ1) is 13.0. The monoisotopic (exact) mass is 390 g/mol. The highest BCUT2D eigenvalue weighted by molar-refractivity contribution is 8.11. The Bertz CT molecular complexity index is 1010. The third-order valence-corrected chi connectivity index (χ3v) is 6.07. The van der Waals surface area contributed by atoms with E-state index in [1.54, 1.807) is 12.4 Å². The second-order valence-electron chi connectivity index (χ2n) is 6.54. The molecule has 0 spiro atoms. The van der Waals surface area contributed by atoms with Crippen molar-refractivity contribution in [2.45, 2.75) is 6.92 Å². The number of hydrogen-bond acceptors (Lipinski definition) is 5. The van der Waals surface area contributed by atoms with E-state index in [2.05, 4.69) is 36.4 Å². The lowest BCUT2D eigenvalue weighted by molar-refractivity contribution is 0.428. The van der Waals surface area contributed by atoms with Crippen molar-refractivity contribution in [3.63, 3.8) is 0 Å². The van der Waals surface area contributed by atoms with Gasteiger partial charge in [0, 0.05) is 37.1 Å². The van der Waals surface area contributed by atoms with Crippen LogP contribution >= 0.6 is 10.7 Å². The Morgan fingerprint density at radius 3 is 2.33 bits per heavy atom. The molecule has 0 saturated carbocycles. The van der Waals surface area contributed by atoms with E-state index < -0.39 is 11.6 Å². The molecule has 27 heavy (non-hydrogen) atoms. The molecular weight excluding hydrogens is 370 g/mol. The Balaban J connectivity index is 1.61. The van der Waals surface area contributed by atoms with Crippen molar-refractivity contribution in [2.24, 2.45) is 0 Å². The fraction of sp³-hybridized carbons (Fsp3) is 0.333. The molecule has 1 unspecified atom stereocenters. The molecule has 3 heterocycles.